The Morgan fingerprint density at radius 3 is 2.55 bits per heavy atom. The summed E-state index contributed by atoms with van der Waals surface area (Å²) in [4.78, 5) is 11.7. The van der Waals surface area contributed by atoms with E-state index in [2.05, 4.69) is 56.2 Å². The predicted molar refractivity (Wildman–Crippen MR) is 91.2 cm³/mol. The van der Waals surface area contributed by atoms with E-state index in [1.165, 1.54) is 0 Å². The first-order valence-electron chi connectivity index (χ1n) is 7.38. The standard InChI is InChI=1S/C15H28N4S/c1-7-9-13-17-14(16-8-2)12(4)15(18-13)19(5)11(3)10-20-6/h11H,7-10H2,1-6H3,(H,16,17,18). The summed E-state index contributed by atoms with van der Waals surface area (Å²) in [6, 6.07) is 0.461. The van der Waals surface area contributed by atoms with Crippen molar-refractivity contribution < 1.29 is 0 Å². The van der Waals surface area contributed by atoms with Gasteiger partial charge in [0, 0.05) is 37.4 Å². The van der Waals surface area contributed by atoms with Crippen LogP contribution in [0.25, 0.3) is 0 Å². The minimum Gasteiger partial charge on any atom is -0.370 e. The quantitative estimate of drug-likeness (QED) is 0.796. The summed E-state index contributed by atoms with van der Waals surface area (Å²) in [5, 5.41) is 3.36. The largest absolute Gasteiger partial charge is 0.370 e. The van der Waals surface area contributed by atoms with Crippen molar-refractivity contribution in [1.82, 2.24) is 9.97 Å². The van der Waals surface area contributed by atoms with Crippen molar-refractivity contribution in [2.24, 2.45) is 0 Å². The van der Waals surface area contributed by atoms with Crippen LogP contribution in [0.4, 0.5) is 11.6 Å². The van der Waals surface area contributed by atoms with Gasteiger partial charge in [-0.15, -0.1) is 0 Å². The van der Waals surface area contributed by atoms with Gasteiger partial charge in [0.2, 0.25) is 0 Å². The van der Waals surface area contributed by atoms with E-state index < -0.39 is 0 Å². The highest BCUT2D eigenvalue weighted by Crippen LogP contribution is 2.25. The Balaban J connectivity index is 3.14. The van der Waals surface area contributed by atoms with Crippen molar-refractivity contribution in [3.8, 4) is 0 Å². The molecule has 0 aliphatic rings. The van der Waals surface area contributed by atoms with E-state index in [0.717, 1.165) is 48.2 Å². The van der Waals surface area contributed by atoms with Gasteiger partial charge in [-0.3, -0.25) is 0 Å². The zero-order valence-corrected chi connectivity index (χ0v) is 14.5. The monoisotopic (exact) mass is 296 g/mol. The topological polar surface area (TPSA) is 41.1 Å². The molecule has 4 nitrogen and oxygen atoms in total. The van der Waals surface area contributed by atoms with Gasteiger partial charge in [0.1, 0.15) is 17.5 Å². The Labute approximate surface area is 127 Å². The number of nitrogens with one attached hydrogen (secondary N) is 1. The molecule has 1 unspecified atom stereocenters. The normalized spacial score (nSPS) is 12.3. The molecule has 5 heteroatoms. The molecule has 0 spiro atoms. The second-order valence-electron chi connectivity index (χ2n) is 5.13. The highest BCUT2D eigenvalue weighted by Gasteiger charge is 2.17. The van der Waals surface area contributed by atoms with Crippen LogP contribution in [0.1, 0.15) is 38.6 Å². The van der Waals surface area contributed by atoms with Gasteiger partial charge in [0.15, 0.2) is 0 Å². The molecule has 0 radical (unpaired) electrons. The van der Waals surface area contributed by atoms with Gasteiger partial charge in [-0.2, -0.15) is 11.8 Å². The van der Waals surface area contributed by atoms with E-state index in [9.17, 15) is 0 Å². The minimum atomic E-state index is 0.461. The third-order valence-corrected chi connectivity index (χ3v) is 4.20. The van der Waals surface area contributed by atoms with Crippen LogP contribution in [0, 0.1) is 6.92 Å². The van der Waals surface area contributed by atoms with E-state index in [0.29, 0.717) is 6.04 Å². The molecule has 0 aromatic carbocycles. The van der Waals surface area contributed by atoms with Crippen molar-refractivity contribution in [2.75, 3.05) is 35.8 Å². The molecule has 1 atom stereocenters. The summed E-state index contributed by atoms with van der Waals surface area (Å²) in [7, 11) is 2.13. The molecule has 0 aliphatic carbocycles. The summed E-state index contributed by atoms with van der Waals surface area (Å²) in [5.74, 6) is 4.07. The Hall–Kier alpha value is -0.970. The minimum absolute atomic E-state index is 0.461. The molecule has 0 aliphatic heterocycles. The summed E-state index contributed by atoms with van der Waals surface area (Å²) in [6.45, 7) is 9.49. The molecule has 0 fully saturated rings. The Morgan fingerprint density at radius 2 is 2.00 bits per heavy atom. The fraction of sp³-hybridized carbons (Fsp3) is 0.733. The first-order chi connectivity index (χ1) is 9.54. The van der Waals surface area contributed by atoms with Crippen molar-refractivity contribution in [1.29, 1.82) is 0 Å². The molecule has 1 aromatic rings. The maximum atomic E-state index is 4.77. The number of aryl methyl sites for hydroxylation is 1. The van der Waals surface area contributed by atoms with Crippen LogP contribution in [0.2, 0.25) is 0 Å². The number of hydrogen-bond donors (Lipinski definition) is 1. The molecule has 0 saturated heterocycles. The molecule has 1 aromatic heterocycles. The van der Waals surface area contributed by atoms with Crippen LogP contribution in [0.15, 0.2) is 0 Å². The summed E-state index contributed by atoms with van der Waals surface area (Å²) >= 11 is 1.87. The lowest BCUT2D eigenvalue weighted by molar-refractivity contribution is 0.735. The Bertz CT molecular complexity index is 423. The number of anilines is 2. The van der Waals surface area contributed by atoms with Gasteiger partial charge < -0.3 is 10.2 Å². The molecule has 20 heavy (non-hydrogen) atoms. The van der Waals surface area contributed by atoms with Gasteiger partial charge in [-0.05, 0) is 33.4 Å². The number of hydrogen-bond acceptors (Lipinski definition) is 5. The molecule has 0 saturated carbocycles. The lowest BCUT2D eigenvalue weighted by atomic mass is 10.2. The first-order valence-corrected chi connectivity index (χ1v) is 8.77. The van der Waals surface area contributed by atoms with Gasteiger partial charge in [0.25, 0.3) is 0 Å². The highest BCUT2D eigenvalue weighted by molar-refractivity contribution is 7.98. The maximum absolute atomic E-state index is 4.77. The van der Waals surface area contributed by atoms with E-state index >= 15 is 0 Å². The van der Waals surface area contributed by atoms with Crippen molar-refractivity contribution in [3.05, 3.63) is 11.4 Å². The highest BCUT2D eigenvalue weighted by atomic mass is 32.2. The Morgan fingerprint density at radius 1 is 1.30 bits per heavy atom. The molecular formula is C15H28N4S. The van der Waals surface area contributed by atoms with E-state index in [-0.39, 0.29) is 0 Å². The number of aromatic nitrogens is 2. The number of nitrogens with zero attached hydrogens (tertiary/aromatic N) is 3. The zero-order valence-electron chi connectivity index (χ0n) is 13.7. The molecule has 0 bridgehead atoms. The van der Waals surface area contributed by atoms with Crippen LogP contribution in [0.3, 0.4) is 0 Å². The SMILES string of the molecule is CCCc1nc(NCC)c(C)c(N(C)C(C)CSC)n1. The fourth-order valence-corrected chi connectivity index (χ4v) is 2.84. The lowest BCUT2D eigenvalue weighted by Crippen LogP contribution is -2.32. The molecule has 1 rings (SSSR count). The lowest BCUT2D eigenvalue weighted by Gasteiger charge is -2.28. The zero-order chi connectivity index (χ0) is 15.1. The second kappa shape index (κ2) is 8.35. The molecule has 114 valence electrons. The van der Waals surface area contributed by atoms with Crippen molar-refractivity contribution >= 4 is 23.4 Å². The molecular weight excluding hydrogens is 268 g/mol. The average molecular weight is 296 g/mol. The molecule has 0 amide bonds. The van der Waals surface area contributed by atoms with Gasteiger partial charge >= 0.3 is 0 Å². The summed E-state index contributed by atoms with van der Waals surface area (Å²) < 4.78 is 0. The third-order valence-electron chi connectivity index (χ3n) is 3.39. The van der Waals surface area contributed by atoms with Crippen LogP contribution in [-0.4, -0.2) is 41.6 Å². The first kappa shape index (κ1) is 17.1. The van der Waals surface area contributed by atoms with Gasteiger partial charge in [-0.25, -0.2) is 9.97 Å². The summed E-state index contributed by atoms with van der Waals surface area (Å²) in [5.41, 5.74) is 1.14. The van der Waals surface area contributed by atoms with Crippen LogP contribution >= 0.6 is 11.8 Å². The molecule has 1 heterocycles. The van der Waals surface area contributed by atoms with Crippen LogP contribution < -0.4 is 10.2 Å². The Kier molecular flexibility index (Phi) is 7.13. The van der Waals surface area contributed by atoms with E-state index in [1.807, 2.05) is 11.8 Å². The number of thioether (sulfide) groups is 1. The summed E-state index contributed by atoms with van der Waals surface area (Å²) in [6.07, 6.45) is 4.14. The third kappa shape index (κ3) is 4.27. The molecule has 1 N–H and O–H groups in total. The maximum Gasteiger partial charge on any atom is 0.137 e. The second-order valence-corrected chi connectivity index (χ2v) is 6.04. The fourth-order valence-electron chi connectivity index (χ4n) is 2.13. The number of rotatable bonds is 8. The predicted octanol–water partition coefficient (Wildman–Crippen LogP) is 3.36. The van der Waals surface area contributed by atoms with E-state index in [4.69, 9.17) is 4.98 Å². The van der Waals surface area contributed by atoms with Crippen LogP contribution in [0.5, 0.6) is 0 Å². The average Bonchev–Trinajstić information content (AvgIpc) is 2.42. The smallest absolute Gasteiger partial charge is 0.137 e. The van der Waals surface area contributed by atoms with Crippen molar-refractivity contribution in [2.45, 2.75) is 46.6 Å². The van der Waals surface area contributed by atoms with Gasteiger partial charge in [0.05, 0.1) is 0 Å². The van der Waals surface area contributed by atoms with E-state index in [1.54, 1.807) is 0 Å². The van der Waals surface area contributed by atoms with Gasteiger partial charge in [-0.1, -0.05) is 6.92 Å². The van der Waals surface area contributed by atoms with Crippen LogP contribution in [-0.2, 0) is 6.42 Å². The van der Waals surface area contributed by atoms with Crippen molar-refractivity contribution in [3.63, 3.8) is 0 Å².